The van der Waals surface area contributed by atoms with Gasteiger partial charge < -0.3 is 10.1 Å². The monoisotopic (exact) mass is 512 g/mol. The third-order valence-corrected chi connectivity index (χ3v) is 3.64. The van der Waals surface area contributed by atoms with Gasteiger partial charge in [0.2, 0.25) is 0 Å². The van der Waals surface area contributed by atoms with Gasteiger partial charge in [-0.3, -0.25) is 9.18 Å². The molecule has 1 aliphatic heterocycles. The van der Waals surface area contributed by atoms with E-state index in [4.69, 9.17) is 9.90 Å². The molecule has 1 aromatic carbocycles. The predicted molar refractivity (Wildman–Crippen MR) is 93.4 cm³/mol. The molecule has 0 amide bonds. The van der Waals surface area contributed by atoms with Crippen molar-refractivity contribution >= 4 is 11.5 Å². The Morgan fingerprint density at radius 1 is 1.42 bits per heavy atom. The molecule has 3 nitrogen and oxygen atoms in total. The van der Waals surface area contributed by atoms with Crippen LogP contribution in [0.15, 0.2) is 29.0 Å². The molecule has 1 heterocycles. The van der Waals surface area contributed by atoms with E-state index >= 15 is 0 Å². The molecule has 1 aromatic rings. The molecule has 0 saturated carbocycles. The summed E-state index contributed by atoms with van der Waals surface area (Å²) in [7, 11) is 0. The average molecular weight is 512 g/mol. The van der Waals surface area contributed by atoms with Gasteiger partial charge in [0.1, 0.15) is 0 Å². The number of aliphatic hydroxyl groups excluding tert-OH is 1. The van der Waals surface area contributed by atoms with Crippen LogP contribution in [0.25, 0.3) is 0 Å². The minimum absolute atomic E-state index is 0. The molecule has 135 valence electrons. The van der Waals surface area contributed by atoms with E-state index in [9.17, 15) is 4.39 Å². The Hall–Kier alpha value is -1.32. The van der Waals surface area contributed by atoms with Crippen LogP contribution >= 0.6 is 0 Å². The van der Waals surface area contributed by atoms with E-state index in [-0.39, 0.29) is 42.9 Å². The van der Waals surface area contributed by atoms with Crippen LogP contribution in [0.1, 0.15) is 51.7 Å². The van der Waals surface area contributed by atoms with Crippen LogP contribution in [0.2, 0.25) is 0 Å². The molecule has 0 aliphatic carbocycles. The van der Waals surface area contributed by atoms with Gasteiger partial charge in [0.15, 0.2) is 0 Å². The van der Waals surface area contributed by atoms with Gasteiger partial charge in [-0.15, -0.1) is 23.8 Å². The Morgan fingerprint density at radius 3 is 2.46 bits per heavy atom. The van der Waals surface area contributed by atoms with Crippen LogP contribution < -0.4 is 0 Å². The molecule has 24 heavy (non-hydrogen) atoms. The summed E-state index contributed by atoms with van der Waals surface area (Å²) in [6.07, 6.45) is 3.55. The number of nitrogens with zero attached hydrogens (tertiary/aromatic N) is 1. The van der Waals surface area contributed by atoms with Crippen LogP contribution in [0.4, 0.5) is 4.39 Å². The molecule has 0 aromatic heterocycles. The summed E-state index contributed by atoms with van der Waals surface area (Å²) in [5.74, 6) is 0.0537. The molecule has 1 aliphatic rings. The topological polar surface area (TPSA) is 54.0 Å². The SMILES string of the molecule is CC(=[OH+])/C=C(/C)O.Cc1cc(C2=NCCCC2(C)C)[c-]cc1F.[Ir]. The average Bonchev–Trinajstić information content (AvgIpc) is 2.41. The van der Waals surface area contributed by atoms with Crippen LogP contribution in [0.5, 0.6) is 0 Å². The molecule has 0 atom stereocenters. The van der Waals surface area contributed by atoms with E-state index in [1.165, 1.54) is 26.0 Å². The van der Waals surface area contributed by atoms with Gasteiger partial charge in [-0.25, -0.2) is 0 Å². The number of rotatable bonds is 2. The van der Waals surface area contributed by atoms with E-state index in [0.717, 1.165) is 30.7 Å². The molecule has 0 unspecified atom stereocenters. The number of aliphatic imine (C=N–C) groups is 1. The Kier molecular flexibility index (Phi) is 9.31. The fraction of sp³-hybridized carbons (Fsp3) is 0.474. The van der Waals surface area contributed by atoms with Crippen LogP contribution in [-0.4, -0.2) is 27.9 Å². The number of aryl methyl sites for hydroxylation is 1. The quantitative estimate of drug-likeness (QED) is 0.269. The Morgan fingerprint density at radius 2 is 2.04 bits per heavy atom. The standard InChI is InChI=1S/C14H17FN.C5H8O2.Ir/c1-10-9-11(5-6-12(10)15)13-14(2,3)7-4-8-16-13;1-4(6)3-5(2)7;/h6,9H,4,7-8H2,1-3H3;3,6H,1-2H3;/q-1;;/p+1/b;4-3-;. The zero-order valence-corrected chi connectivity index (χ0v) is 17.3. The van der Waals surface area contributed by atoms with Crippen molar-refractivity contribution in [3.8, 4) is 0 Å². The van der Waals surface area contributed by atoms with Gasteiger partial charge in [0.25, 0.3) is 0 Å². The van der Waals surface area contributed by atoms with E-state index in [1.807, 2.05) is 6.07 Å². The molecule has 1 radical (unpaired) electrons. The second-order valence-electron chi connectivity index (χ2n) is 6.52. The summed E-state index contributed by atoms with van der Waals surface area (Å²) < 4.78 is 13.2. The minimum atomic E-state index is -0.196. The Labute approximate surface area is 157 Å². The van der Waals surface area contributed by atoms with Gasteiger partial charge in [-0.2, -0.15) is 0 Å². The normalized spacial score (nSPS) is 16.2. The molecule has 2 N–H and O–H groups in total. The number of carbonyl (C=O) groups excluding carboxylic acids is 1. The fourth-order valence-corrected chi connectivity index (χ4v) is 2.52. The molecular formula is C19H26FIrNO2. The number of halogens is 1. The van der Waals surface area contributed by atoms with Crippen molar-refractivity contribution < 1.29 is 34.4 Å². The smallest absolute Gasteiger partial charge is 0.316 e. The first-order valence-electron chi connectivity index (χ1n) is 7.76. The maximum Gasteiger partial charge on any atom is 0.316 e. The van der Waals surface area contributed by atoms with Gasteiger partial charge in [0, 0.05) is 32.5 Å². The number of hydrogen-bond donors (Lipinski definition) is 1. The van der Waals surface area contributed by atoms with Crippen molar-refractivity contribution in [3.63, 3.8) is 0 Å². The summed E-state index contributed by atoms with van der Waals surface area (Å²) in [6, 6.07) is 6.26. The zero-order valence-electron chi connectivity index (χ0n) is 14.9. The van der Waals surface area contributed by atoms with Crippen molar-refractivity contribution in [1.82, 2.24) is 0 Å². The first kappa shape index (κ1) is 22.7. The van der Waals surface area contributed by atoms with Gasteiger partial charge >= 0.3 is 5.78 Å². The van der Waals surface area contributed by atoms with E-state index in [1.54, 1.807) is 6.92 Å². The molecule has 0 spiro atoms. The number of aliphatic hydroxyl groups is 1. The summed E-state index contributed by atoms with van der Waals surface area (Å²) in [5, 5.41) is 8.40. The van der Waals surface area contributed by atoms with E-state index < -0.39 is 0 Å². The first-order valence-corrected chi connectivity index (χ1v) is 7.76. The fourth-order valence-electron chi connectivity index (χ4n) is 2.52. The number of benzene rings is 1. The zero-order chi connectivity index (χ0) is 17.6. The van der Waals surface area contributed by atoms with Crippen molar-refractivity contribution in [2.45, 2.75) is 47.5 Å². The maximum atomic E-state index is 13.2. The second-order valence-corrected chi connectivity index (χ2v) is 6.52. The predicted octanol–water partition coefficient (Wildman–Crippen LogP) is 4.55. The third kappa shape index (κ3) is 7.06. The van der Waals surface area contributed by atoms with Crippen molar-refractivity contribution in [2.75, 3.05) is 6.54 Å². The van der Waals surface area contributed by atoms with Crippen molar-refractivity contribution in [3.05, 3.63) is 47.0 Å². The number of allylic oxidation sites excluding steroid dienone is 2. The second kappa shape index (κ2) is 9.85. The summed E-state index contributed by atoms with van der Waals surface area (Å²) in [5.41, 5.74) is 2.77. The van der Waals surface area contributed by atoms with E-state index in [2.05, 4.69) is 24.9 Å². The van der Waals surface area contributed by atoms with Crippen LogP contribution in [0.3, 0.4) is 0 Å². The Balaban J connectivity index is 0.000000570. The Bertz CT molecular complexity index is 632. The van der Waals surface area contributed by atoms with Gasteiger partial charge in [-0.1, -0.05) is 26.3 Å². The van der Waals surface area contributed by atoms with Crippen molar-refractivity contribution in [1.29, 1.82) is 0 Å². The van der Waals surface area contributed by atoms with Gasteiger partial charge in [0.05, 0.1) is 18.8 Å². The molecular weight excluding hydrogens is 485 g/mol. The number of hydrogen-bond acceptors (Lipinski definition) is 2. The van der Waals surface area contributed by atoms with Crippen molar-refractivity contribution in [2.24, 2.45) is 10.4 Å². The number of ketones is 1. The third-order valence-electron chi connectivity index (χ3n) is 3.64. The summed E-state index contributed by atoms with van der Waals surface area (Å²) in [4.78, 5) is 13.0. The molecule has 0 fully saturated rings. The van der Waals surface area contributed by atoms with Crippen LogP contribution in [0, 0.1) is 24.2 Å². The molecule has 5 heteroatoms. The molecule has 2 rings (SSSR count). The largest absolute Gasteiger partial charge is 0.512 e. The summed E-state index contributed by atoms with van der Waals surface area (Å²) >= 11 is 0. The summed E-state index contributed by atoms with van der Waals surface area (Å²) in [6.45, 7) is 10.0. The molecule has 0 saturated heterocycles. The minimum Gasteiger partial charge on any atom is -0.512 e. The first-order chi connectivity index (χ1) is 10.6. The van der Waals surface area contributed by atoms with E-state index in [0.29, 0.717) is 5.56 Å². The maximum absolute atomic E-state index is 13.2. The molecule has 0 bridgehead atoms. The van der Waals surface area contributed by atoms with Gasteiger partial charge in [-0.05, 0) is 30.9 Å². The van der Waals surface area contributed by atoms with Crippen LogP contribution in [-0.2, 0) is 20.1 Å².